The number of rotatable bonds is 5. The Kier molecular flexibility index (Phi) is 11.7. The molecule has 0 aromatic carbocycles. The first-order chi connectivity index (χ1) is 13.3. The molecule has 0 aromatic rings. The summed E-state index contributed by atoms with van der Waals surface area (Å²) in [6.07, 6.45) is 12.0. The molecule has 0 fully saturated rings. The van der Waals surface area contributed by atoms with E-state index in [9.17, 15) is 4.79 Å². The molecule has 1 unspecified atom stereocenters. The number of hydrogen-bond donors (Lipinski definition) is 0. The van der Waals surface area contributed by atoms with Gasteiger partial charge in [-0.3, -0.25) is 6.29 Å². The average Bonchev–Trinajstić information content (AvgIpc) is 2.56. The van der Waals surface area contributed by atoms with E-state index in [2.05, 4.69) is 117 Å². The van der Waals surface area contributed by atoms with Crippen molar-refractivity contribution in [3.63, 3.8) is 0 Å². The Balaban J connectivity index is 0.00000407. The van der Waals surface area contributed by atoms with Gasteiger partial charge in [0.25, 0.3) is 0 Å². The van der Waals surface area contributed by atoms with Gasteiger partial charge in [0.2, 0.25) is 0 Å². The average molecular weight is 560 g/mol. The summed E-state index contributed by atoms with van der Waals surface area (Å²) < 4.78 is 0. The van der Waals surface area contributed by atoms with Crippen LogP contribution >= 0.6 is 25.5 Å². The first kappa shape index (κ1) is 30.9. The fourth-order valence-electron chi connectivity index (χ4n) is 4.66. The van der Waals surface area contributed by atoms with Gasteiger partial charge in [0, 0.05) is 0 Å². The van der Waals surface area contributed by atoms with E-state index in [4.69, 9.17) is 0 Å². The zero-order valence-electron chi connectivity index (χ0n) is 21.4. The van der Waals surface area contributed by atoms with Crippen LogP contribution in [0.5, 0.6) is 0 Å². The van der Waals surface area contributed by atoms with Crippen molar-refractivity contribution in [2.75, 3.05) is 12.3 Å². The molecule has 0 bridgehead atoms. The number of carbonyl (C=O) groups excluding carboxylic acids is 1. The Bertz CT molecular complexity index is 587. The van der Waals surface area contributed by atoms with Crippen molar-refractivity contribution >= 4 is 31.8 Å². The van der Waals surface area contributed by atoms with Crippen molar-refractivity contribution in [2.24, 2.45) is 5.41 Å². The van der Waals surface area contributed by atoms with E-state index in [0.29, 0.717) is 10.3 Å². The number of halogens is 1. The molecule has 1 aliphatic rings. The number of hydrogen-bond acceptors (Lipinski definition) is 1. The minimum atomic E-state index is -0.451. The molecule has 0 aliphatic heterocycles. The Morgan fingerprint density at radius 1 is 0.867 bits per heavy atom. The first-order valence-corrected chi connectivity index (χ1v) is 16.1. The second kappa shape index (κ2) is 11.4. The Labute approximate surface area is 204 Å². The van der Waals surface area contributed by atoms with Crippen LogP contribution < -0.4 is 0 Å². The van der Waals surface area contributed by atoms with Crippen molar-refractivity contribution in [3.05, 3.63) is 23.8 Å². The summed E-state index contributed by atoms with van der Waals surface area (Å²) in [6.45, 7) is 28.3. The molecule has 5 heteroatoms. The summed E-state index contributed by atoms with van der Waals surface area (Å²) in [7, 11) is 4.02. The van der Waals surface area contributed by atoms with E-state index in [-0.39, 0.29) is 26.2 Å². The maximum atomic E-state index is 12.3. The topological polar surface area (TPSA) is 17.1 Å². The fraction of sp³-hybridized carbons (Fsp3) is 0.800. The van der Waals surface area contributed by atoms with E-state index in [0.717, 1.165) is 18.7 Å². The monoisotopic (exact) mass is 560 g/mol. The quantitative estimate of drug-likeness (QED) is 0.187. The summed E-state index contributed by atoms with van der Waals surface area (Å²) in [5, 5.41) is 1.03. The predicted octanol–water partition coefficient (Wildman–Crippen LogP) is 8.81. The molecule has 0 amide bonds. The second-order valence-electron chi connectivity index (χ2n) is 12.5. The second-order valence-corrected chi connectivity index (χ2v) is 20.2. The Hall–Kier alpha value is 0.923. The SMILES string of the molecule is CC(C)(C)P(CC1=CC=CC([C-]=O)(CP(C(C)(C)C)C(C)(C)C)C1)C(C)(C)C.[Cl][Ru+]. The molecule has 1 nitrogen and oxygen atoms in total. The van der Waals surface area contributed by atoms with Crippen LogP contribution in [0.3, 0.4) is 0 Å². The summed E-state index contributed by atoms with van der Waals surface area (Å²) in [4.78, 5) is 12.3. The normalized spacial score (nSPS) is 20.7. The van der Waals surface area contributed by atoms with Crippen LogP contribution in [-0.4, -0.2) is 39.2 Å². The molecule has 1 atom stereocenters. The van der Waals surface area contributed by atoms with E-state index < -0.39 is 5.41 Å². The Morgan fingerprint density at radius 2 is 1.27 bits per heavy atom. The van der Waals surface area contributed by atoms with Gasteiger partial charge in [-0.05, 0) is 39.4 Å². The minimum absolute atomic E-state index is 0.204. The third-order valence-corrected chi connectivity index (χ3v) is 13.6. The molecule has 0 saturated heterocycles. The molecule has 1 aliphatic carbocycles. The first-order valence-electron chi connectivity index (χ1n) is 10.8. The molecule has 176 valence electrons. The van der Waals surface area contributed by atoms with Gasteiger partial charge in [-0.25, -0.2) is 0 Å². The maximum absolute atomic E-state index is 12.3. The van der Waals surface area contributed by atoms with Crippen LogP contribution in [0.25, 0.3) is 0 Å². The van der Waals surface area contributed by atoms with Gasteiger partial charge in [0.15, 0.2) is 0 Å². The van der Waals surface area contributed by atoms with Crippen LogP contribution in [-0.2, 0) is 22.1 Å². The molecule has 1 rings (SSSR count). The van der Waals surface area contributed by atoms with E-state index >= 15 is 0 Å². The molecule has 0 heterocycles. The van der Waals surface area contributed by atoms with E-state index in [1.165, 1.54) is 5.57 Å². The molecule has 0 saturated carbocycles. The summed E-state index contributed by atoms with van der Waals surface area (Å²) in [6, 6.07) is 0. The molecular weight excluding hydrogens is 515 g/mol. The van der Waals surface area contributed by atoms with Crippen LogP contribution in [0.2, 0.25) is 0 Å². The molecule has 30 heavy (non-hydrogen) atoms. The molecule has 0 aromatic heterocycles. The van der Waals surface area contributed by atoms with E-state index in [1.807, 2.05) is 17.3 Å². The van der Waals surface area contributed by atoms with Crippen LogP contribution in [0.4, 0.5) is 0 Å². The zero-order chi connectivity index (χ0) is 24.2. The summed E-state index contributed by atoms with van der Waals surface area (Å²) in [5.41, 5.74) is 0.993. The van der Waals surface area contributed by atoms with Crippen molar-refractivity contribution in [1.29, 1.82) is 0 Å². The van der Waals surface area contributed by atoms with Gasteiger partial charge < -0.3 is 4.79 Å². The number of allylic oxidation sites excluding steroid dienone is 4. The standard InChI is InChI=1S/C25H45OP2.ClH.Ru/c1-21(2,3)27(22(4,5)6)17-20-14-13-15-25(16-20,18-26)19-28(23(7,8)9)24(10,11)12;;/h13-15H,16-17,19H2,1-12H3;1H;/q-1;;+2/p-1. The van der Waals surface area contributed by atoms with Crippen LogP contribution in [0.15, 0.2) is 23.8 Å². The van der Waals surface area contributed by atoms with Crippen molar-refractivity contribution in [2.45, 2.75) is 110 Å². The van der Waals surface area contributed by atoms with Gasteiger partial charge in [-0.1, -0.05) is 117 Å². The van der Waals surface area contributed by atoms with Gasteiger partial charge in [-0.2, -0.15) is 0 Å². The van der Waals surface area contributed by atoms with Crippen molar-refractivity contribution < 1.29 is 22.1 Å². The van der Waals surface area contributed by atoms with Crippen LogP contribution in [0.1, 0.15) is 89.5 Å². The van der Waals surface area contributed by atoms with Gasteiger partial charge >= 0.3 is 27.0 Å². The summed E-state index contributed by atoms with van der Waals surface area (Å²) >= 11 is 1.82. The van der Waals surface area contributed by atoms with Gasteiger partial charge in [-0.15, -0.1) is 11.5 Å². The van der Waals surface area contributed by atoms with Crippen molar-refractivity contribution in [3.8, 4) is 0 Å². The Morgan fingerprint density at radius 3 is 1.60 bits per heavy atom. The fourth-order valence-corrected chi connectivity index (χ4v) is 12.0. The van der Waals surface area contributed by atoms with Crippen molar-refractivity contribution in [1.82, 2.24) is 0 Å². The van der Waals surface area contributed by atoms with E-state index in [1.54, 1.807) is 0 Å². The van der Waals surface area contributed by atoms with Crippen LogP contribution in [0, 0.1) is 5.41 Å². The molecule has 0 spiro atoms. The molecule has 0 N–H and O–H groups in total. The third kappa shape index (κ3) is 9.42. The molecular formula is C25H45ClOP2Ru. The molecule has 0 radical (unpaired) electrons. The third-order valence-electron chi connectivity index (χ3n) is 5.53. The predicted molar refractivity (Wildman–Crippen MR) is 138 cm³/mol. The summed E-state index contributed by atoms with van der Waals surface area (Å²) in [5.74, 6) is 0. The van der Waals surface area contributed by atoms with Gasteiger partial charge in [0.05, 0.1) is 0 Å². The van der Waals surface area contributed by atoms with Gasteiger partial charge in [0.1, 0.15) is 0 Å². The zero-order valence-corrected chi connectivity index (χ0v) is 25.7.